The first kappa shape index (κ1) is 25.7. The Morgan fingerprint density at radius 2 is 1.79 bits per heavy atom. The lowest BCUT2D eigenvalue weighted by molar-refractivity contribution is 0.267. The van der Waals surface area contributed by atoms with Crippen molar-refractivity contribution < 1.29 is 22.7 Å². The first-order chi connectivity index (χ1) is 18.6. The maximum absolute atomic E-state index is 9.97. The molecule has 5 rings (SSSR count). The van der Waals surface area contributed by atoms with Crippen molar-refractivity contribution in [2.45, 2.75) is 13.5 Å². The third kappa shape index (κ3) is 5.35. The first-order valence-electron chi connectivity index (χ1n) is 11.6. The van der Waals surface area contributed by atoms with Gasteiger partial charge < -0.3 is 22.7 Å². The second-order valence-corrected chi connectivity index (χ2v) is 9.52. The van der Waals surface area contributed by atoms with Gasteiger partial charge in [-0.1, -0.05) is 29.8 Å². The molecule has 0 fully saturated rings. The average Bonchev–Trinajstić information content (AvgIpc) is 3.69. The Morgan fingerprint density at radius 1 is 1.03 bits per heavy atom. The summed E-state index contributed by atoms with van der Waals surface area (Å²) < 4.78 is 29.9. The minimum atomic E-state index is 0.136. The maximum atomic E-state index is 9.97. The van der Waals surface area contributed by atoms with Crippen molar-refractivity contribution in [2.24, 2.45) is 4.99 Å². The van der Waals surface area contributed by atoms with Crippen LogP contribution in [-0.4, -0.2) is 12.8 Å². The molecule has 5 aromatic rings. The van der Waals surface area contributed by atoms with E-state index in [0.29, 0.717) is 52.6 Å². The Kier molecular flexibility index (Phi) is 7.86. The van der Waals surface area contributed by atoms with Crippen LogP contribution in [-0.2, 0) is 6.61 Å². The van der Waals surface area contributed by atoms with Crippen molar-refractivity contribution in [1.29, 1.82) is 5.26 Å². The van der Waals surface area contributed by atoms with Gasteiger partial charge in [-0.25, -0.2) is 4.99 Å². The van der Waals surface area contributed by atoms with Gasteiger partial charge in [0.1, 0.15) is 24.0 Å². The molecule has 3 aromatic heterocycles. The number of ether oxygens (including phenoxy) is 2. The molecule has 0 saturated heterocycles. The van der Waals surface area contributed by atoms with E-state index in [2.05, 4.69) is 33.7 Å². The van der Waals surface area contributed by atoms with Gasteiger partial charge in [0.2, 0.25) is 5.88 Å². The smallest absolute Gasteiger partial charge is 0.238 e. The summed E-state index contributed by atoms with van der Waals surface area (Å²) in [7, 11) is 0. The SMILES string of the molecule is CCOc1cc(C=Nc2oc(-c3ccco3)c(-c3ccco3)c2C#N)cc(I)c1OCc1ccccc1Cl. The molecular formula is C29H20ClIN2O5. The molecule has 0 aliphatic heterocycles. The fourth-order valence-electron chi connectivity index (χ4n) is 3.82. The van der Waals surface area contributed by atoms with Crippen LogP contribution < -0.4 is 9.47 Å². The van der Waals surface area contributed by atoms with E-state index in [0.717, 1.165) is 14.7 Å². The highest BCUT2D eigenvalue weighted by Gasteiger charge is 2.26. The van der Waals surface area contributed by atoms with Crippen molar-refractivity contribution in [3.05, 3.63) is 98.5 Å². The van der Waals surface area contributed by atoms with Crippen molar-refractivity contribution in [3.8, 4) is 40.4 Å². The molecule has 0 spiro atoms. The zero-order valence-corrected chi connectivity index (χ0v) is 23.0. The van der Waals surface area contributed by atoms with Crippen LogP contribution in [0, 0.1) is 14.9 Å². The quantitative estimate of drug-likeness (QED) is 0.118. The summed E-state index contributed by atoms with van der Waals surface area (Å²) in [5, 5.41) is 10.6. The first-order valence-corrected chi connectivity index (χ1v) is 13.1. The second-order valence-electron chi connectivity index (χ2n) is 7.95. The second kappa shape index (κ2) is 11.6. The molecule has 0 bridgehead atoms. The van der Waals surface area contributed by atoms with Crippen LogP contribution in [0.3, 0.4) is 0 Å². The van der Waals surface area contributed by atoms with Crippen LogP contribution in [0.4, 0.5) is 5.88 Å². The Bertz CT molecular complexity index is 1620. The van der Waals surface area contributed by atoms with E-state index in [9.17, 15) is 5.26 Å². The molecule has 0 saturated carbocycles. The summed E-state index contributed by atoms with van der Waals surface area (Å²) in [5.74, 6) is 2.62. The van der Waals surface area contributed by atoms with Gasteiger partial charge in [-0.05, 0) is 77.5 Å². The van der Waals surface area contributed by atoms with E-state index >= 15 is 0 Å². The Morgan fingerprint density at radius 3 is 2.47 bits per heavy atom. The molecule has 0 atom stereocenters. The van der Waals surface area contributed by atoms with Gasteiger partial charge in [-0.2, -0.15) is 5.26 Å². The minimum absolute atomic E-state index is 0.136. The van der Waals surface area contributed by atoms with E-state index < -0.39 is 0 Å². The van der Waals surface area contributed by atoms with Crippen LogP contribution in [0.1, 0.15) is 23.6 Å². The predicted molar refractivity (Wildman–Crippen MR) is 152 cm³/mol. The molecule has 190 valence electrons. The summed E-state index contributed by atoms with van der Waals surface area (Å²) in [6, 6.07) is 20.4. The normalized spacial score (nSPS) is 11.1. The number of rotatable bonds is 9. The molecular weight excluding hydrogens is 619 g/mol. The zero-order chi connectivity index (χ0) is 26.5. The molecule has 0 radical (unpaired) electrons. The number of aliphatic imine (C=N–C) groups is 1. The third-order valence-corrected chi connectivity index (χ3v) is 6.68. The standard InChI is InChI=1S/C29H20ClIN2O5/c1-2-34-25-14-18(13-22(31)27(25)37-17-19-7-3-4-8-21(19)30)16-33-29-20(15-32)26(23-9-5-11-35-23)28(38-29)24-10-6-12-36-24/h3-14,16H,2,17H2,1H3. The van der Waals surface area contributed by atoms with Gasteiger partial charge in [0, 0.05) is 16.8 Å². The number of halogens is 2. The van der Waals surface area contributed by atoms with Crippen LogP contribution in [0.15, 0.2) is 91.4 Å². The van der Waals surface area contributed by atoms with Crippen molar-refractivity contribution in [1.82, 2.24) is 0 Å². The zero-order valence-electron chi connectivity index (χ0n) is 20.1. The number of furan rings is 3. The van der Waals surface area contributed by atoms with Crippen molar-refractivity contribution in [2.75, 3.05) is 6.61 Å². The fourth-order valence-corrected chi connectivity index (χ4v) is 4.79. The van der Waals surface area contributed by atoms with Crippen molar-refractivity contribution in [3.63, 3.8) is 0 Å². The summed E-state index contributed by atoms with van der Waals surface area (Å²) in [5.41, 5.74) is 2.33. The van der Waals surface area contributed by atoms with Crippen LogP contribution >= 0.6 is 34.2 Å². The number of nitriles is 1. The fraction of sp³-hybridized carbons (Fsp3) is 0.103. The lowest BCUT2D eigenvalue weighted by atomic mass is 10.1. The van der Waals surface area contributed by atoms with Crippen LogP contribution in [0.5, 0.6) is 11.5 Å². The van der Waals surface area contributed by atoms with Gasteiger partial charge >= 0.3 is 0 Å². The molecule has 0 aliphatic carbocycles. The number of hydrogen-bond acceptors (Lipinski definition) is 7. The third-order valence-electron chi connectivity index (χ3n) is 5.51. The summed E-state index contributed by atoms with van der Waals surface area (Å²) in [6.45, 7) is 2.65. The number of nitrogens with zero attached hydrogens (tertiary/aromatic N) is 2. The van der Waals surface area contributed by atoms with E-state index in [1.807, 2.05) is 43.3 Å². The van der Waals surface area contributed by atoms with Crippen molar-refractivity contribution >= 4 is 46.3 Å². The van der Waals surface area contributed by atoms with E-state index in [4.69, 9.17) is 34.3 Å². The summed E-state index contributed by atoms with van der Waals surface area (Å²) >= 11 is 8.48. The van der Waals surface area contributed by atoms with Gasteiger partial charge in [-0.15, -0.1) is 0 Å². The highest BCUT2D eigenvalue weighted by molar-refractivity contribution is 14.1. The number of hydrogen-bond donors (Lipinski definition) is 0. The minimum Gasteiger partial charge on any atom is -0.490 e. The topological polar surface area (TPSA) is 94.0 Å². The highest BCUT2D eigenvalue weighted by atomic mass is 127. The predicted octanol–water partition coefficient (Wildman–Crippen LogP) is 8.66. The van der Waals surface area contributed by atoms with Gasteiger partial charge in [0.15, 0.2) is 23.0 Å². The monoisotopic (exact) mass is 638 g/mol. The summed E-state index contributed by atoms with van der Waals surface area (Å²) in [4.78, 5) is 4.51. The molecule has 3 heterocycles. The van der Waals surface area contributed by atoms with E-state index in [-0.39, 0.29) is 11.4 Å². The Hall–Kier alpha value is -3.94. The molecule has 0 amide bonds. The van der Waals surface area contributed by atoms with Gasteiger partial charge in [0.25, 0.3) is 0 Å². The molecule has 9 heteroatoms. The largest absolute Gasteiger partial charge is 0.490 e. The lowest BCUT2D eigenvalue weighted by Crippen LogP contribution is -2.03. The van der Waals surface area contributed by atoms with Gasteiger partial charge in [-0.3, -0.25) is 0 Å². The van der Waals surface area contributed by atoms with Gasteiger partial charge in [0.05, 0.1) is 28.3 Å². The number of benzene rings is 2. The summed E-state index contributed by atoms with van der Waals surface area (Å²) in [6.07, 6.45) is 4.68. The molecule has 38 heavy (non-hydrogen) atoms. The molecule has 7 nitrogen and oxygen atoms in total. The molecule has 0 N–H and O–H groups in total. The molecule has 0 aliphatic rings. The Labute approximate surface area is 237 Å². The van der Waals surface area contributed by atoms with Crippen LogP contribution in [0.2, 0.25) is 5.02 Å². The molecule has 2 aromatic carbocycles. The van der Waals surface area contributed by atoms with E-state index in [1.165, 1.54) is 12.5 Å². The Balaban J connectivity index is 1.49. The molecule has 0 unspecified atom stereocenters. The average molecular weight is 639 g/mol. The van der Waals surface area contributed by atoms with E-state index in [1.54, 1.807) is 30.5 Å². The maximum Gasteiger partial charge on any atom is 0.238 e. The highest BCUT2D eigenvalue weighted by Crippen LogP contribution is 2.43. The van der Waals surface area contributed by atoms with Crippen LogP contribution in [0.25, 0.3) is 22.8 Å². The lowest BCUT2D eigenvalue weighted by Gasteiger charge is -2.15.